The average Bonchev–Trinajstić information content (AvgIpc) is 2.43. The highest BCUT2D eigenvalue weighted by molar-refractivity contribution is 7.80. The Labute approximate surface area is 90.1 Å². The van der Waals surface area contributed by atoms with E-state index >= 15 is 0 Å². The third-order valence-electron chi connectivity index (χ3n) is 2.65. The zero-order valence-corrected chi connectivity index (χ0v) is 9.68. The van der Waals surface area contributed by atoms with Crippen LogP contribution in [0.3, 0.4) is 0 Å². The quantitative estimate of drug-likeness (QED) is 0.679. The van der Waals surface area contributed by atoms with Crippen LogP contribution in [0.15, 0.2) is 29.2 Å². The lowest BCUT2D eigenvalue weighted by Gasteiger charge is -2.06. The second-order valence-corrected chi connectivity index (χ2v) is 4.54. The number of rotatable bonds is 1. The maximum Gasteiger partial charge on any atom is 0.0480 e. The zero-order chi connectivity index (χ0) is 10.3. The van der Waals surface area contributed by atoms with Crippen molar-refractivity contribution >= 4 is 23.5 Å². The first-order valence-corrected chi connectivity index (χ1v) is 5.32. The van der Waals surface area contributed by atoms with E-state index in [1.165, 1.54) is 16.6 Å². The number of fused-ring (bicyclic) bond motifs is 1. The molecule has 2 aromatic rings. The molecular weight excluding hydrogens is 190 g/mol. The van der Waals surface area contributed by atoms with Gasteiger partial charge in [-0.1, -0.05) is 13.8 Å². The van der Waals surface area contributed by atoms with Gasteiger partial charge in [-0.25, -0.2) is 0 Å². The van der Waals surface area contributed by atoms with Gasteiger partial charge in [0.05, 0.1) is 0 Å². The van der Waals surface area contributed by atoms with Gasteiger partial charge >= 0.3 is 0 Å². The minimum absolute atomic E-state index is 0.566. The summed E-state index contributed by atoms with van der Waals surface area (Å²) in [6, 6.07) is 8.53. The van der Waals surface area contributed by atoms with Crippen molar-refractivity contribution in [2.45, 2.75) is 24.7 Å². The number of aromatic nitrogens is 1. The summed E-state index contributed by atoms with van der Waals surface area (Å²) in [6.45, 7) is 4.44. The highest BCUT2D eigenvalue weighted by Crippen LogP contribution is 2.25. The van der Waals surface area contributed by atoms with Crippen LogP contribution in [0.2, 0.25) is 0 Å². The molecule has 14 heavy (non-hydrogen) atoms. The molecule has 0 atom stereocenters. The van der Waals surface area contributed by atoms with E-state index < -0.39 is 0 Å². The summed E-state index contributed by atoms with van der Waals surface area (Å²) < 4.78 is 2.26. The second-order valence-electron chi connectivity index (χ2n) is 4.03. The molecule has 1 aromatic heterocycles. The fourth-order valence-corrected chi connectivity index (χ4v) is 2.13. The van der Waals surface area contributed by atoms with Crippen molar-refractivity contribution in [3.63, 3.8) is 0 Å². The number of thiol groups is 1. The first kappa shape index (κ1) is 9.66. The molecule has 0 bridgehead atoms. The first-order chi connectivity index (χ1) is 6.59. The van der Waals surface area contributed by atoms with Gasteiger partial charge in [-0.05, 0) is 30.2 Å². The normalized spacial score (nSPS) is 11.5. The molecule has 0 aliphatic carbocycles. The van der Waals surface area contributed by atoms with Crippen molar-refractivity contribution in [1.82, 2.24) is 4.57 Å². The second kappa shape index (κ2) is 3.35. The molecule has 0 saturated carbocycles. The molecule has 0 radical (unpaired) electrons. The minimum Gasteiger partial charge on any atom is -0.347 e. The third kappa shape index (κ3) is 1.44. The average molecular weight is 205 g/mol. The fourth-order valence-electron chi connectivity index (χ4n) is 1.91. The van der Waals surface area contributed by atoms with Gasteiger partial charge in [0.25, 0.3) is 0 Å². The predicted molar refractivity (Wildman–Crippen MR) is 64.3 cm³/mol. The first-order valence-electron chi connectivity index (χ1n) is 4.88. The number of aryl methyl sites for hydroxylation is 1. The standard InChI is InChI=1S/C12H15NS/c1-8(2)12-7-9-6-10(14)4-5-11(9)13(12)3/h4-8,14H,1-3H3. The number of benzene rings is 1. The van der Waals surface area contributed by atoms with Gasteiger partial charge in [-0.2, -0.15) is 0 Å². The van der Waals surface area contributed by atoms with E-state index in [2.05, 4.69) is 56.3 Å². The van der Waals surface area contributed by atoms with Gasteiger partial charge in [-0.3, -0.25) is 0 Å². The van der Waals surface area contributed by atoms with Gasteiger partial charge in [-0.15, -0.1) is 12.6 Å². The van der Waals surface area contributed by atoms with E-state index in [-0.39, 0.29) is 0 Å². The van der Waals surface area contributed by atoms with E-state index in [0.29, 0.717) is 5.92 Å². The highest BCUT2D eigenvalue weighted by atomic mass is 32.1. The summed E-state index contributed by atoms with van der Waals surface area (Å²) in [6.07, 6.45) is 0. The van der Waals surface area contributed by atoms with Gasteiger partial charge < -0.3 is 4.57 Å². The number of nitrogens with zero attached hydrogens (tertiary/aromatic N) is 1. The van der Waals surface area contributed by atoms with Gasteiger partial charge in [0, 0.05) is 28.5 Å². The largest absolute Gasteiger partial charge is 0.347 e. The Kier molecular flexibility index (Phi) is 2.31. The molecule has 0 N–H and O–H groups in total. The van der Waals surface area contributed by atoms with Crippen molar-refractivity contribution in [2.24, 2.45) is 7.05 Å². The van der Waals surface area contributed by atoms with Crippen LogP contribution in [0.25, 0.3) is 10.9 Å². The lowest BCUT2D eigenvalue weighted by atomic mass is 10.1. The molecule has 0 spiro atoms. The Bertz CT molecular complexity index is 468. The third-order valence-corrected chi connectivity index (χ3v) is 2.93. The summed E-state index contributed by atoms with van der Waals surface area (Å²) in [5.41, 5.74) is 2.66. The molecule has 2 rings (SSSR count). The maximum absolute atomic E-state index is 4.35. The molecule has 1 aromatic carbocycles. The Morgan fingerprint density at radius 3 is 2.57 bits per heavy atom. The molecule has 0 saturated heterocycles. The van der Waals surface area contributed by atoms with Crippen LogP contribution in [-0.4, -0.2) is 4.57 Å². The summed E-state index contributed by atoms with van der Waals surface area (Å²) >= 11 is 4.35. The van der Waals surface area contributed by atoms with E-state index in [0.717, 1.165) is 4.90 Å². The lowest BCUT2D eigenvalue weighted by Crippen LogP contribution is -1.97. The summed E-state index contributed by atoms with van der Waals surface area (Å²) in [4.78, 5) is 1.03. The van der Waals surface area contributed by atoms with E-state index in [1.54, 1.807) is 0 Å². The summed E-state index contributed by atoms with van der Waals surface area (Å²) in [7, 11) is 2.12. The molecule has 1 nitrogen and oxygen atoms in total. The molecule has 0 fully saturated rings. The van der Waals surface area contributed by atoms with Crippen LogP contribution in [0, 0.1) is 0 Å². The fraction of sp³-hybridized carbons (Fsp3) is 0.333. The molecule has 0 aliphatic heterocycles. The zero-order valence-electron chi connectivity index (χ0n) is 8.78. The van der Waals surface area contributed by atoms with E-state index in [4.69, 9.17) is 0 Å². The molecule has 0 amide bonds. The van der Waals surface area contributed by atoms with Crippen LogP contribution < -0.4 is 0 Å². The molecule has 0 unspecified atom stereocenters. The molecule has 0 aliphatic rings. The van der Waals surface area contributed by atoms with Crippen molar-refractivity contribution < 1.29 is 0 Å². The summed E-state index contributed by atoms with van der Waals surface area (Å²) in [5, 5.41) is 1.28. The highest BCUT2D eigenvalue weighted by Gasteiger charge is 2.08. The Balaban J connectivity index is 2.73. The van der Waals surface area contributed by atoms with E-state index in [1.807, 2.05) is 6.07 Å². The number of hydrogen-bond donors (Lipinski definition) is 1. The SMILES string of the molecule is CC(C)c1cc2cc(S)ccc2n1C. The minimum atomic E-state index is 0.566. The molecule has 74 valence electrons. The van der Waals surface area contributed by atoms with Crippen molar-refractivity contribution in [3.8, 4) is 0 Å². The van der Waals surface area contributed by atoms with Crippen LogP contribution in [0.4, 0.5) is 0 Å². The van der Waals surface area contributed by atoms with Crippen molar-refractivity contribution in [2.75, 3.05) is 0 Å². The Morgan fingerprint density at radius 1 is 1.21 bits per heavy atom. The Morgan fingerprint density at radius 2 is 1.93 bits per heavy atom. The van der Waals surface area contributed by atoms with Gasteiger partial charge in [0.1, 0.15) is 0 Å². The monoisotopic (exact) mass is 205 g/mol. The smallest absolute Gasteiger partial charge is 0.0480 e. The predicted octanol–water partition coefficient (Wildman–Crippen LogP) is 3.59. The van der Waals surface area contributed by atoms with Gasteiger partial charge in [0.15, 0.2) is 0 Å². The number of hydrogen-bond acceptors (Lipinski definition) is 1. The molecule has 1 heterocycles. The summed E-state index contributed by atoms with van der Waals surface area (Å²) in [5.74, 6) is 0.566. The van der Waals surface area contributed by atoms with Crippen LogP contribution in [0.5, 0.6) is 0 Å². The topological polar surface area (TPSA) is 4.93 Å². The van der Waals surface area contributed by atoms with E-state index in [9.17, 15) is 0 Å². The van der Waals surface area contributed by atoms with Crippen LogP contribution >= 0.6 is 12.6 Å². The molecular formula is C12H15NS. The molecule has 2 heteroatoms. The van der Waals surface area contributed by atoms with Crippen LogP contribution in [-0.2, 0) is 7.05 Å². The van der Waals surface area contributed by atoms with Crippen LogP contribution in [0.1, 0.15) is 25.5 Å². The Hall–Kier alpha value is -0.890. The van der Waals surface area contributed by atoms with Crippen molar-refractivity contribution in [3.05, 3.63) is 30.0 Å². The van der Waals surface area contributed by atoms with Gasteiger partial charge in [0.2, 0.25) is 0 Å². The van der Waals surface area contributed by atoms with Crippen molar-refractivity contribution in [1.29, 1.82) is 0 Å². The lowest BCUT2D eigenvalue weighted by molar-refractivity contribution is 0.755. The maximum atomic E-state index is 4.35.